The van der Waals surface area contributed by atoms with Gasteiger partial charge in [0, 0.05) is 51.2 Å². The van der Waals surface area contributed by atoms with Gasteiger partial charge in [-0.05, 0) is 70.2 Å². The molecule has 0 spiro atoms. The summed E-state index contributed by atoms with van der Waals surface area (Å²) in [5.41, 5.74) is 0.456. The number of anilines is 1. The molecule has 1 aromatic rings. The van der Waals surface area contributed by atoms with E-state index in [9.17, 15) is 13.2 Å². The van der Waals surface area contributed by atoms with Gasteiger partial charge in [-0.1, -0.05) is 0 Å². The predicted octanol–water partition coefficient (Wildman–Crippen LogP) is 3.54. The topological polar surface area (TPSA) is 70.2 Å². The third-order valence-corrected chi connectivity index (χ3v) is 7.26. The number of piperidine rings is 1. The number of hydrogen-bond donors (Lipinski definition) is 0. The van der Waals surface area contributed by atoms with E-state index in [0.29, 0.717) is 50.6 Å². The highest BCUT2D eigenvalue weighted by Crippen LogP contribution is 2.27. The molecule has 9 heteroatoms. The van der Waals surface area contributed by atoms with Gasteiger partial charge in [0.25, 0.3) is 0 Å². The average Bonchev–Trinajstić information content (AvgIpc) is 2.72. The van der Waals surface area contributed by atoms with Gasteiger partial charge in [-0.3, -0.25) is 4.90 Å². The minimum absolute atomic E-state index is 0.269. The van der Waals surface area contributed by atoms with Crippen LogP contribution in [-0.4, -0.2) is 81.7 Å². The Morgan fingerprint density at radius 2 is 1.62 bits per heavy atom. The zero-order valence-corrected chi connectivity index (χ0v) is 20.4. The summed E-state index contributed by atoms with van der Waals surface area (Å²) in [6.45, 7) is 9.47. The number of hydrogen-bond acceptors (Lipinski definition) is 6. The predicted molar refractivity (Wildman–Crippen MR) is 123 cm³/mol. The highest BCUT2D eigenvalue weighted by Gasteiger charge is 2.30. The van der Waals surface area contributed by atoms with Crippen LogP contribution in [0.5, 0.6) is 0 Å². The molecule has 32 heavy (non-hydrogen) atoms. The van der Waals surface area contributed by atoms with Crippen molar-refractivity contribution in [1.29, 1.82) is 0 Å². The van der Waals surface area contributed by atoms with Crippen LogP contribution in [0.2, 0.25) is 0 Å². The fourth-order valence-corrected chi connectivity index (χ4v) is 4.90. The number of halogens is 1. The lowest BCUT2D eigenvalue weighted by atomic mass is 9.93. The first-order chi connectivity index (χ1) is 14.9. The molecule has 2 aliphatic rings. The number of benzene rings is 1. The summed E-state index contributed by atoms with van der Waals surface area (Å²) in [6, 6.07) is 6.88. The summed E-state index contributed by atoms with van der Waals surface area (Å²) >= 11 is 0. The van der Waals surface area contributed by atoms with E-state index in [2.05, 4.69) is 4.90 Å². The molecule has 7 nitrogen and oxygen atoms in total. The van der Waals surface area contributed by atoms with E-state index < -0.39 is 21.7 Å². The third-order valence-electron chi connectivity index (χ3n) is 6.13. The summed E-state index contributed by atoms with van der Waals surface area (Å²) in [5.74, 6) is 0.269. The zero-order chi connectivity index (χ0) is 23.5. The van der Waals surface area contributed by atoms with Gasteiger partial charge in [-0.2, -0.15) is 0 Å². The van der Waals surface area contributed by atoms with Crippen molar-refractivity contribution in [3.05, 3.63) is 24.3 Å². The van der Waals surface area contributed by atoms with Crippen molar-refractivity contribution >= 4 is 21.6 Å². The molecule has 2 fully saturated rings. The highest BCUT2D eigenvalue weighted by atomic mass is 32.2. The monoisotopic (exact) mass is 469 g/mol. The molecule has 0 saturated carbocycles. The van der Waals surface area contributed by atoms with Crippen molar-refractivity contribution < 1.29 is 22.3 Å². The molecule has 180 valence electrons. The van der Waals surface area contributed by atoms with E-state index in [4.69, 9.17) is 4.74 Å². The van der Waals surface area contributed by atoms with E-state index >= 15 is 4.39 Å². The van der Waals surface area contributed by atoms with Gasteiger partial charge in [0.2, 0.25) is 0 Å². The quantitative estimate of drug-likeness (QED) is 0.615. The van der Waals surface area contributed by atoms with Gasteiger partial charge in [-0.15, -0.1) is 0 Å². The number of ether oxygens (including phenoxy) is 1. The second kappa shape index (κ2) is 9.95. The lowest BCUT2D eigenvalue weighted by molar-refractivity contribution is 0.0117. The Bertz CT molecular complexity index is 869. The third kappa shape index (κ3) is 6.81. The van der Waals surface area contributed by atoms with Crippen molar-refractivity contribution in [3.63, 3.8) is 0 Å². The molecule has 3 rings (SSSR count). The van der Waals surface area contributed by atoms with Crippen LogP contribution < -0.4 is 4.90 Å². The Balaban J connectivity index is 1.42. The number of rotatable bonds is 5. The van der Waals surface area contributed by atoms with Crippen molar-refractivity contribution in [2.45, 2.75) is 56.8 Å². The van der Waals surface area contributed by atoms with Crippen LogP contribution in [0.25, 0.3) is 0 Å². The Labute approximate surface area is 191 Å². The van der Waals surface area contributed by atoms with Crippen LogP contribution in [0.4, 0.5) is 14.9 Å². The molecule has 2 aliphatic heterocycles. The first-order valence-corrected chi connectivity index (χ1v) is 13.2. The first-order valence-electron chi connectivity index (χ1n) is 11.3. The molecule has 1 amide bonds. The molecule has 0 aromatic heterocycles. The number of carbonyl (C=O) groups excluding carboxylic acids is 1. The largest absolute Gasteiger partial charge is 0.444 e. The van der Waals surface area contributed by atoms with Crippen molar-refractivity contribution in [1.82, 2.24) is 9.80 Å². The van der Waals surface area contributed by atoms with Crippen molar-refractivity contribution in [2.24, 2.45) is 5.92 Å². The van der Waals surface area contributed by atoms with E-state index in [0.717, 1.165) is 18.5 Å². The van der Waals surface area contributed by atoms with Crippen LogP contribution in [0, 0.1) is 5.92 Å². The van der Waals surface area contributed by atoms with Crippen LogP contribution >= 0.6 is 0 Å². The van der Waals surface area contributed by atoms with Crippen LogP contribution in [0.15, 0.2) is 29.2 Å². The maximum absolute atomic E-state index is 15.0. The smallest absolute Gasteiger partial charge is 0.410 e. The standard InChI is InChI=1S/C23H36FN3O4S/c1-23(2,3)31-22(28)27-11-9-18(10-12-27)17-21(24)26-15-13-25(14-16-26)19-5-7-20(8-6-19)32(4,29)30/h5-8,18,21H,9-17H2,1-4H3. The zero-order valence-electron chi connectivity index (χ0n) is 19.6. The first kappa shape index (κ1) is 24.8. The van der Waals surface area contributed by atoms with Crippen molar-refractivity contribution in [3.8, 4) is 0 Å². The molecule has 0 bridgehead atoms. The molecule has 2 heterocycles. The number of amides is 1. The minimum Gasteiger partial charge on any atom is -0.444 e. The van der Waals surface area contributed by atoms with E-state index in [1.165, 1.54) is 6.26 Å². The summed E-state index contributed by atoms with van der Waals surface area (Å²) in [4.78, 5) is 18.3. The van der Waals surface area contributed by atoms with Gasteiger partial charge in [0.1, 0.15) is 5.60 Å². The Morgan fingerprint density at radius 3 is 2.12 bits per heavy atom. The highest BCUT2D eigenvalue weighted by molar-refractivity contribution is 7.90. The lowest BCUT2D eigenvalue weighted by Crippen LogP contribution is -2.50. The van der Waals surface area contributed by atoms with Gasteiger partial charge < -0.3 is 14.5 Å². The maximum atomic E-state index is 15.0. The van der Waals surface area contributed by atoms with Crippen LogP contribution in [-0.2, 0) is 14.6 Å². The Morgan fingerprint density at radius 1 is 1.06 bits per heavy atom. The summed E-state index contributed by atoms with van der Waals surface area (Å²) in [5, 5.41) is 0. The number of carbonyl (C=O) groups is 1. The van der Waals surface area contributed by atoms with Crippen LogP contribution in [0.1, 0.15) is 40.0 Å². The maximum Gasteiger partial charge on any atom is 0.410 e. The molecule has 1 aromatic carbocycles. The van der Waals surface area contributed by atoms with Gasteiger partial charge in [-0.25, -0.2) is 17.6 Å². The number of likely N-dealkylation sites (tertiary alicyclic amines) is 1. The fourth-order valence-electron chi connectivity index (χ4n) is 4.27. The SMILES string of the molecule is CC(C)(C)OC(=O)N1CCC(CC(F)N2CCN(c3ccc(S(C)(=O)=O)cc3)CC2)CC1. The molecular formula is C23H36FN3O4S. The molecule has 1 unspecified atom stereocenters. The second-order valence-corrected chi connectivity index (χ2v) is 11.9. The lowest BCUT2D eigenvalue weighted by Gasteiger charge is -2.39. The molecule has 0 N–H and O–H groups in total. The number of nitrogens with zero attached hydrogens (tertiary/aromatic N) is 3. The van der Waals surface area contributed by atoms with E-state index in [-0.39, 0.29) is 12.0 Å². The Hall–Kier alpha value is -1.87. The van der Waals surface area contributed by atoms with Crippen LogP contribution in [0.3, 0.4) is 0 Å². The molecule has 0 aliphatic carbocycles. The summed E-state index contributed by atoms with van der Waals surface area (Å²) < 4.78 is 43.7. The van der Waals surface area contributed by atoms with Gasteiger partial charge in [0.05, 0.1) is 4.90 Å². The summed E-state index contributed by atoms with van der Waals surface area (Å²) in [7, 11) is -3.21. The average molecular weight is 470 g/mol. The minimum atomic E-state index is -3.21. The summed E-state index contributed by atoms with van der Waals surface area (Å²) in [6.07, 6.45) is 2.02. The fraction of sp³-hybridized carbons (Fsp3) is 0.696. The number of sulfone groups is 1. The van der Waals surface area contributed by atoms with Crippen molar-refractivity contribution in [2.75, 3.05) is 50.4 Å². The molecule has 0 radical (unpaired) electrons. The van der Waals surface area contributed by atoms with E-state index in [1.807, 2.05) is 37.8 Å². The normalized spacial score (nSPS) is 20.3. The molecular weight excluding hydrogens is 433 g/mol. The van der Waals surface area contributed by atoms with E-state index in [1.54, 1.807) is 17.0 Å². The second-order valence-electron chi connectivity index (χ2n) is 9.87. The Kier molecular flexibility index (Phi) is 7.70. The van der Waals surface area contributed by atoms with Gasteiger partial charge in [0.15, 0.2) is 16.1 Å². The molecule has 2 saturated heterocycles. The number of piperazine rings is 1. The molecule has 1 atom stereocenters. The van der Waals surface area contributed by atoms with Gasteiger partial charge >= 0.3 is 6.09 Å². The number of alkyl halides is 1.